The number of nitrogens with one attached hydrogen (secondary N) is 4. The molecule has 0 spiro atoms. The molecule has 1 aliphatic heterocycles. The summed E-state index contributed by atoms with van der Waals surface area (Å²) in [6.45, 7) is 4.57. The van der Waals surface area contributed by atoms with Crippen molar-refractivity contribution in [3.63, 3.8) is 0 Å². The Morgan fingerprint density at radius 1 is 1.09 bits per heavy atom. The number of pyridine rings is 1. The smallest absolute Gasteiger partial charge is 0.350 e. The van der Waals surface area contributed by atoms with Crippen LogP contribution in [0.4, 0.5) is 36.4 Å². The van der Waals surface area contributed by atoms with Gasteiger partial charge in [0.1, 0.15) is 5.69 Å². The van der Waals surface area contributed by atoms with E-state index in [4.69, 9.17) is 11.6 Å². The average Bonchev–Trinajstić information content (AvgIpc) is 3.57. The lowest BCUT2D eigenvalue weighted by Crippen LogP contribution is -2.59. The SMILES string of the molecule is Cc1cc(I)cc(C(=O)NC(C)C)c1NC(=O)c1cc(CN2N=C(C(F)(F)C(F)(F)C(F)(F)F)NN2)nn1-c1ncccc1Cl. The largest absolute Gasteiger partial charge is 0.460 e. The Hall–Kier alpha value is -3.72. The molecule has 242 valence electrons. The number of amides is 2. The van der Waals surface area contributed by atoms with E-state index in [0.29, 0.717) is 10.7 Å². The van der Waals surface area contributed by atoms with Gasteiger partial charge in [0.15, 0.2) is 5.82 Å². The van der Waals surface area contributed by atoms with E-state index < -0.39 is 42.2 Å². The van der Waals surface area contributed by atoms with E-state index in [-0.39, 0.29) is 39.5 Å². The highest BCUT2D eigenvalue weighted by Crippen LogP contribution is 2.47. The number of nitrogens with zero attached hydrogens (tertiary/aromatic N) is 5. The third-order valence-corrected chi connectivity index (χ3v) is 6.94. The Bertz CT molecular complexity index is 1660. The van der Waals surface area contributed by atoms with Crippen LogP contribution < -0.4 is 21.6 Å². The molecule has 2 amide bonds. The number of benzene rings is 1. The molecular weight excluding hydrogens is 754 g/mol. The van der Waals surface area contributed by atoms with Crippen molar-refractivity contribution in [3.05, 3.63) is 67.6 Å². The van der Waals surface area contributed by atoms with E-state index >= 15 is 0 Å². The zero-order valence-corrected chi connectivity index (χ0v) is 26.1. The monoisotopic (exact) mass is 775 g/mol. The van der Waals surface area contributed by atoms with Gasteiger partial charge in [-0.25, -0.2) is 14.8 Å². The maximum atomic E-state index is 14.1. The molecule has 4 rings (SSSR count). The molecule has 2 aromatic heterocycles. The molecule has 4 N–H and O–H groups in total. The van der Waals surface area contributed by atoms with Gasteiger partial charge in [-0.05, 0) is 79.3 Å². The predicted molar refractivity (Wildman–Crippen MR) is 156 cm³/mol. The number of hydrazine groups is 2. The lowest BCUT2D eigenvalue weighted by atomic mass is 10.1. The van der Waals surface area contributed by atoms with Crippen LogP contribution in [0.2, 0.25) is 5.02 Å². The number of hydrogen-bond donors (Lipinski definition) is 4. The number of hydrazone groups is 1. The van der Waals surface area contributed by atoms with E-state index in [1.54, 1.807) is 32.9 Å². The van der Waals surface area contributed by atoms with E-state index in [9.17, 15) is 40.3 Å². The zero-order valence-electron chi connectivity index (χ0n) is 23.2. The van der Waals surface area contributed by atoms with Crippen LogP contribution in [0.1, 0.15) is 46.0 Å². The van der Waals surface area contributed by atoms with Crippen LogP contribution in [0.15, 0.2) is 41.6 Å². The second-order valence-electron chi connectivity index (χ2n) is 9.86. The van der Waals surface area contributed by atoms with E-state index in [1.807, 2.05) is 28.1 Å². The number of rotatable bonds is 9. The molecule has 0 unspecified atom stereocenters. The molecule has 45 heavy (non-hydrogen) atoms. The molecule has 20 heteroatoms. The van der Waals surface area contributed by atoms with Crippen molar-refractivity contribution >= 4 is 57.5 Å². The van der Waals surface area contributed by atoms with E-state index in [1.165, 1.54) is 23.8 Å². The minimum absolute atomic E-state index is 0.0407. The van der Waals surface area contributed by atoms with Crippen molar-refractivity contribution in [1.82, 2.24) is 36.2 Å². The maximum absolute atomic E-state index is 14.1. The molecule has 0 fully saturated rings. The van der Waals surface area contributed by atoms with Crippen molar-refractivity contribution in [1.29, 1.82) is 0 Å². The summed E-state index contributed by atoms with van der Waals surface area (Å²) in [4.78, 5) is 30.7. The third kappa shape index (κ3) is 6.93. The number of alkyl halides is 7. The van der Waals surface area contributed by atoms with Crippen molar-refractivity contribution in [2.75, 3.05) is 5.32 Å². The minimum Gasteiger partial charge on any atom is -0.350 e. The quantitative estimate of drug-likeness (QED) is 0.174. The predicted octanol–water partition coefficient (Wildman–Crippen LogP) is 5.20. The average molecular weight is 776 g/mol. The van der Waals surface area contributed by atoms with Crippen LogP contribution in [0.5, 0.6) is 0 Å². The highest BCUT2D eigenvalue weighted by Gasteiger charge is 2.75. The number of carbonyl (C=O) groups is 2. The number of amidine groups is 1. The summed E-state index contributed by atoms with van der Waals surface area (Å²) in [5, 5.41) is 13.3. The number of anilines is 1. The number of aryl methyl sites for hydroxylation is 1. The van der Waals surface area contributed by atoms with Gasteiger partial charge in [-0.3, -0.25) is 15.0 Å². The molecule has 0 saturated carbocycles. The summed E-state index contributed by atoms with van der Waals surface area (Å²) < 4.78 is 94.9. The third-order valence-electron chi connectivity index (χ3n) is 6.02. The lowest BCUT2D eigenvalue weighted by Gasteiger charge is -2.27. The Kier molecular flexibility index (Phi) is 9.55. The van der Waals surface area contributed by atoms with Crippen molar-refractivity contribution < 1.29 is 40.3 Å². The van der Waals surface area contributed by atoms with E-state index in [2.05, 4.69) is 25.8 Å². The molecule has 0 bridgehead atoms. The fourth-order valence-electron chi connectivity index (χ4n) is 3.95. The second kappa shape index (κ2) is 12.6. The van der Waals surface area contributed by atoms with Gasteiger partial charge in [-0.2, -0.15) is 35.8 Å². The van der Waals surface area contributed by atoms with Crippen molar-refractivity contribution in [3.8, 4) is 5.82 Å². The highest BCUT2D eigenvalue weighted by molar-refractivity contribution is 14.1. The molecule has 3 aromatic rings. The Balaban J connectivity index is 1.70. The van der Waals surface area contributed by atoms with E-state index in [0.717, 1.165) is 14.3 Å². The summed E-state index contributed by atoms with van der Waals surface area (Å²) in [5.41, 5.74) is 4.01. The molecule has 1 aromatic carbocycles. The van der Waals surface area contributed by atoms with Gasteiger partial charge >= 0.3 is 18.0 Å². The Morgan fingerprint density at radius 2 is 1.78 bits per heavy atom. The standard InChI is InChI=1S/C25H22ClF7IN9O2/c1-11(2)36-20(44)15-8-13(34)7-12(3)18(15)37-21(45)17-9-14(39-43(17)19-16(26)5-4-6-35-19)10-42-40-22(38-41-42)23(27,28)24(29,30)25(31,32)33/h4-9,11,41H,10H2,1-3H3,(H,36,44)(H,37,45)(H,38,40). The topological polar surface area (TPSA) is 129 Å². The molecule has 3 heterocycles. The highest BCUT2D eigenvalue weighted by atomic mass is 127. The van der Waals surface area contributed by atoms with Gasteiger partial charge in [0.25, 0.3) is 11.8 Å². The second-order valence-corrected chi connectivity index (χ2v) is 11.5. The van der Waals surface area contributed by atoms with Crippen LogP contribution in [-0.2, 0) is 6.54 Å². The van der Waals surface area contributed by atoms with Crippen LogP contribution in [-0.4, -0.2) is 61.6 Å². The van der Waals surface area contributed by atoms with Crippen LogP contribution in [0.3, 0.4) is 0 Å². The fraction of sp³-hybridized carbons (Fsp3) is 0.320. The molecule has 0 aliphatic carbocycles. The number of hydrogen-bond acceptors (Lipinski definition) is 8. The molecule has 0 radical (unpaired) electrons. The molecular formula is C25H22ClF7IN9O2. The van der Waals surface area contributed by atoms with Gasteiger partial charge in [0, 0.05) is 15.8 Å². The molecule has 0 saturated heterocycles. The first-order chi connectivity index (χ1) is 20.8. The Morgan fingerprint density at radius 3 is 2.40 bits per heavy atom. The molecule has 1 aliphatic rings. The maximum Gasteiger partial charge on any atom is 0.460 e. The van der Waals surface area contributed by atoms with Gasteiger partial charge in [-0.15, -0.1) is 10.6 Å². The first-order valence-electron chi connectivity index (χ1n) is 12.7. The minimum atomic E-state index is -6.57. The number of carbonyl (C=O) groups excluding carboxylic acids is 2. The van der Waals surface area contributed by atoms with Crippen LogP contribution in [0, 0.1) is 10.5 Å². The summed E-state index contributed by atoms with van der Waals surface area (Å²) in [6.07, 6.45) is -5.23. The lowest BCUT2D eigenvalue weighted by molar-refractivity contribution is -0.336. The summed E-state index contributed by atoms with van der Waals surface area (Å²) in [5.74, 6) is -15.5. The number of aromatic nitrogens is 3. The summed E-state index contributed by atoms with van der Waals surface area (Å²) >= 11 is 8.29. The molecule has 0 atom stereocenters. The van der Waals surface area contributed by atoms with Gasteiger partial charge in [-0.1, -0.05) is 11.6 Å². The van der Waals surface area contributed by atoms with Crippen molar-refractivity contribution in [2.45, 2.75) is 51.4 Å². The van der Waals surface area contributed by atoms with Gasteiger partial charge < -0.3 is 10.6 Å². The van der Waals surface area contributed by atoms with Gasteiger partial charge in [0.2, 0.25) is 5.84 Å². The number of halogens is 9. The fourth-order valence-corrected chi connectivity index (χ4v) is 4.93. The zero-order chi connectivity index (χ0) is 33.5. The first kappa shape index (κ1) is 34.2. The van der Waals surface area contributed by atoms with Gasteiger partial charge in [0.05, 0.1) is 28.5 Å². The Labute approximate surface area is 268 Å². The summed E-state index contributed by atoms with van der Waals surface area (Å²) in [6, 6.07) is 7.17. The normalized spacial score (nSPS) is 14.0. The van der Waals surface area contributed by atoms with Crippen LogP contribution in [0.25, 0.3) is 5.82 Å². The molecule has 11 nitrogen and oxygen atoms in total. The van der Waals surface area contributed by atoms with Crippen molar-refractivity contribution in [2.24, 2.45) is 5.10 Å². The van der Waals surface area contributed by atoms with Crippen LogP contribution >= 0.6 is 34.2 Å². The first-order valence-corrected chi connectivity index (χ1v) is 14.1. The summed E-state index contributed by atoms with van der Waals surface area (Å²) in [7, 11) is 0.